The minimum atomic E-state index is -0.506. The Bertz CT molecular complexity index is 1010. The Hall–Kier alpha value is -2.77. The summed E-state index contributed by atoms with van der Waals surface area (Å²) in [6.07, 6.45) is 4.01. The Kier molecular flexibility index (Phi) is 5.69. The van der Waals surface area contributed by atoms with E-state index in [0.29, 0.717) is 48.2 Å². The van der Waals surface area contributed by atoms with E-state index in [4.69, 9.17) is 21.1 Å². The molecule has 32 heavy (non-hydrogen) atoms. The third-order valence-corrected chi connectivity index (χ3v) is 6.55. The first-order valence-electron chi connectivity index (χ1n) is 11.1. The third-order valence-electron chi connectivity index (χ3n) is 6.30. The largest absolute Gasteiger partial charge is 0.448 e. The molecule has 7 nitrogen and oxygen atoms in total. The summed E-state index contributed by atoms with van der Waals surface area (Å²) in [5.41, 5.74) is 1.33. The minimum absolute atomic E-state index is 0.00818. The fourth-order valence-electron chi connectivity index (χ4n) is 4.58. The molecule has 0 radical (unpaired) electrons. The van der Waals surface area contributed by atoms with E-state index in [9.17, 15) is 9.59 Å². The zero-order valence-corrected chi connectivity index (χ0v) is 18.6. The summed E-state index contributed by atoms with van der Waals surface area (Å²) >= 11 is 5.90. The molecular formula is C24H26ClN3O4. The maximum Gasteiger partial charge on any atom is 0.253 e. The van der Waals surface area contributed by atoms with Gasteiger partial charge in [-0.25, -0.2) is 0 Å². The van der Waals surface area contributed by atoms with Crippen molar-refractivity contribution in [2.45, 2.75) is 31.5 Å². The fraction of sp³-hybridized carbons (Fsp3) is 0.417. The van der Waals surface area contributed by atoms with Crippen molar-refractivity contribution in [2.24, 2.45) is 0 Å². The van der Waals surface area contributed by atoms with Crippen LogP contribution in [0.15, 0.2) is 42.5 Å². The standard InChI is InChI=1S/C24H26ClN3O4/c25-18-5-3-17(4-6-18)23(30)28-13-11-27(12-14-28)16-22(29)26-19-7-8-20-21(15-19)32-24(31-20)9-1-2-10-24/h3-8,15H,1-2,9-14,16H2,(H,26,29). The molecule has 2 aliphatic heterocycles. The van der Waals surface area contributed by atoms with Crippen molar-refractivity contribution < 1.29 is 19.1 Å². The first kappa shape index (κ1) is 21.1. The Balaban J connectivity index is 1.11. The van der Waals surface area contributed by atoms with Gasteiger partial charge in [0.05, 0.1) is 6.54 Å². The fourth-order valence-corrected chi connectivity index (χ4v) is 4.70. The smallest absolute Gasteiger partial charge is 0.253 e. The Morgan fingerprint density at radius 1 is 0.938 bits per heavy atom. The number of hydrogen-bond acceptors (Lipinski definition) is 5. The number of carbonyl (C=O) groups excluding carboxylic acids is 2. The van der Waals surface area contributed by atoms with Gasteiger partial charge in [-0.05, 0) is 49.2 Å². The van der Waals surface area contributed by atoms with Crippen molar-refractivity contribution in [1.82, 2.24) is 9.80 Å². The molecule has 5 rings (SSSR count). The van der Waals surface area contributed by atoms with Gasteiger partial charge >= 0.3 is 0 Å². The normalized spacial score (nSPS) is 19.3. The van der Waals surface area contributed by atoms with Crippen LogP contribution in [0, 0.1) is 0 Å². The lowest BCUT2D eigenvalue weighted by Gasteiger charge is -2.34. The second-order valence-electron chi connectivity index (χ2n) is 8.61. The molecule has 0 unspecified atom stereocenters. The van der Waals surface area contributed by atoms with Gasteiger partial charge < -0.3 is 19.7 Å². The van der Waals surface area contributed by atoms with Gasteiger partial charge in [0.1, 0.15) is 0 Å². The maximum atomic E-state index is 12.6. The van der Waals surface area contributed by atoms with E-state index in [0.717, 1.165) is 31.4 Å². The lowest BCUT2D eigenvalue weighted by atomic mass is 10.2. The van der Waals surface area contributed by atoms with Gasteiger partial charge in [0, 0.05) is 61.4 Å². The number of piperazine rings is 1. The number of halogens is 1. The topological polar surface area (TPSA) is 71.1 Å². The maximum absolute atomic E-state index is 12.6. The quantitative estimate of drug-likeness (QED) is 0.759. The number of hydrogen-bond donors (Lipinski definition) is 1. The van der Waals surface area contributed by atoms with Crippen molar-refractivity contribution in [3.05, 3.63) is 53.1 Å². The monoisotopic (exact) mass is 455 g/mol. The molecule has 1 aliphatic carbocycles. The van der Waals surface area contributed by atoms with Crippen LogP contribution in [0.5, 0.6) is 11.5 Å². The summed E-state index contributed by atoms with van der Waals surface area (Å²) in [6.45, 7) is 2.75. The Labute approximate surface area is 192 Å². The Morgan fingerprint density at radius 2 is 1.62 bits per heavy atom. The molecule has 1 saturated carbocycles. The average Bonchev–Trinajstić information content (AvgIpc) is 3.39. The highest BCUT2D eigenvalue weighted by Crippen LogP contribution is 2.47. The second-order valence-corrected chi connectivity index (χ2v) is 9.04. The molecule has 1 spiro atoms. The predicted octanol–water partition coefficient (Wildman–Crippen LogP) is 3.78. The zero-order valence-electron chi connectivity index (χ0n) is 17.8. The average molecular weight is 456 g/mol. The molecular weight excluding hydrogens is 430 g/mol. The Morgan fingerprint density at radius 3 is 2.34 bits per heavy atom. The van der Waals surface area contributed by atoms with E-state index in [1.807, 2.05) is 23.1 Å². The van der Waals surface area contributed by atoms with Crippen LogP contribution in [0.4, 0.5) is 5.69 Å². The van der Waals surface area contributed by atoms with Crippen LogP contribution in [0.2, 0.25) is 5.02 Å². The number of nitrogens with zero attached hydrogens (tertiary/aromatic N) is 2. The number of rotatable bonds is 4. The summed E-state index contributed by atoms with van der Waals surface area (Å²) < 4.78 is 12.1. The zero-order chi connectivity index (χ0) is 22.1. The third kappa shape index (κ3) is 4.40. The molecule has 8 heteroatoms. The summed E-state index contributed by atoms with van der Waals surface area (Å²) in [6, 6.07) is 12.5. The molecule has 168 valence electrons. The molecule has 2 fully saturated rings. The van der Waals surface area contributed by atoms with E-state index < -0.39 is 5.79 Å². The van der Waals surface area contributed by atoms with Gasteiger partial charge in [-0.1, -0.05) is 11.6 Å². The van der Waals surface area contributed by atoms with Crippen LogP contribution in [0.1, 0.15) is 36.0 Å². The first-order valence-corrected chi connectivity index (χ1v) is 11.5. The molecule has 1 N–H and O–H groups in total. The van der Waals surface area contributed by atoms with Crippen molar-refractivity contribution in [3.8, 4) is 11.5 Å². The molecule has 2 aromatic carbocycles. The van der Waals surface area contributed by atoms with E-state index in [2.05, 4.69) is 10.2 Å². The van der Waals surface area contributed by atoms with Gasteiger partial charge in [0.15, 0.2) is 11.5 Å². The second kappa shape index (κ2) is 8.64. The summed E-state index contributed by atoms with van der Waals surface area (Å²) in [4.78, 5) is 29.1. The molecule has 2 heterocycles. The highest BCUT2D eigenvalue weighted by Gasteiger charge is 2.44. The highest BCUT2D eigenvalue weighted by molar-refractivity contribution is 6.30. The van der Waals surface area contributed by atoms with Crippen LogP contribution >= 0.6 is 11.6 Å². The van der Waals surface area contributed by atoms with Gasteiger partial charge in [-0.2, -0.15) is 0 Å². The van der Waals surface area contributed by atoms with Gasteiger partial charge in [0.25, 0.3) is 11.7 Å². The molecule has 1 saturated heterocycles. The number of fused-ring (bicyclic) bond motifs is 1. The van der Waals surface area contributed by atoms with Crippen LogP contribution < -0.4 is 14.8 Å². The molecule has 3 aliphatic rings. The lowest BCUT2D eigenvalue weighted by molar-refractivity contribution is -0.117. The molecule has 2 aromatic rings. The van der Waals surface area contributed by atoms with Gasteiger partial charge in [-0.3, -0.25) is 14.5 Å². The van der Waals surface area contributed by atoms with Crippen LogP contribution in [-0.2, 0) is 4.79 Å². The number of nitrogens with one attached hydrogen (secondary N) is 1. The summed E-state index contributed by atoms with van der Waals surface area (Å²) in [5, 5.41) is 3.56. The molecule has 0 atom stereocenters. The molecule has 0 aromatic heterocycles. The van der Waals surface area contributed by atoms with Gasteiger partial charge in [0.2, 0.25) is 5.91 Å². The van der Waals surface area contributed by atoms with E-state index in [1.165, 1.54) is 0 Å². The minimum Gasteiger partial charge on any atom is -0.448 e. The van der Waals surface area contributed by atoms with Crippen molar-refractivity contribution in [1.29, 1.82) is 0 Å². The van der Waals surface area contributed by atoms with Crippen molar-refractivity contribution in [3.63, 3.8) is 0 Å². The van der Waals surface area contributed by atoms with Crippen LogP contribution in [0.3, 0.4) is 0 Å². The number of benzene rings is 2. The number of ether oxygens (including phenoxy) is 2. The predicted molar refractivity (Wildman–Crippen MR) is 121 cm³/mol. The summed E-state index contributed by atoms with van der Waals surface area (Å²) in [5.74, 6) is 0.835. The van der Waals surface area contributed by atoms with Crippen LogP contribution in [-0.4, -0.2) is 60.1 Å². The van der Waals surface area contributed by atoms with Crippen molar-refractivity contribution >= 4 is 29.1 Å². The highest BCUT2D eigenvalue weighted by atomic mass is 35.5. The van der Waals surface area contributed by atoms with E-state index >= 15 is 0 Å². The number of anilines is 1. The lowest BCUT2D eigenvalue weighted by Crippen LogP contribution is -2.50. The van der Waals surface area contributed by atoms with E-state index in [1.54, 1.807) is 24.3 Å². The van der Waals surface area contributed by atoms with E-state index in [-0.39, 0.29) is 18.4 Å². The molecule has 2 amide bonds. The molecule has 0 bridgehead atoms. The van der Waals surface area contributed by atoms with Gasteiger partial charge in [-0.15, -0.1) is 0 Å². The number of amides is 2. The van der Waals surface area contributed by atoms with Crippen molar-refractivity contribution in [2.75, 3.05) is 38.0 Å². The first-order chi connectivity index (χ1) is 15.5. The number of carbonyl (C=O) groups is 2. The SMILES string of the molecule is O=C(CN1CCN(C(=O)c2ccc(Cl)cc2)CC1)Nc1ccc2c(c1)OC1(CCCC1)O2. The van der Waals surface area contributed by atoms with Crippen LogP contribution in [0.25, 0.3) is 0 Å². The summed E-state index contributed by atoms with van der Waals surface area (Å²) in [7, 11) is 0.